The van der Waals surface area contributed by atoms with E-state index in [0.717, 1.165) is 5.69 Å². The molecule has 0 fully saturated rings. The van der Waals surface area contributed by atoms with Crippen molar-refractivity contribution in [3.8, 4) is 0 Å². The second kappa shape index (κ2) is 9.34. The van der Waals surface area contributed by atoms with Crippen LogP contribution in [0.15, 0.2) is 89.7 Å². The lowest BCUT2D eigenvalue weighted by atomic mass is 10.1. The molecule has 0 saturated heterocycles. The average molecular weight is 429 g/mol. The zero-order chi connectivity index (χ0) is 22.5. The second-order valence-corrected chi connectivity index (χ2v) is 7.66. The van der Waals surface area contributed by atoms with Gasteiger partial charge < -0.3 is 13.9 Å². The summed E-state index contributed by atoms with van der Waals surface area (Å²) < 4.78 is 7.58. The normalized spacial score (nSPS) is 10.8. The number of hydrogen-bond donors (Lipinski definition) is 0. The van der Waals surface area contributed by atoms with Gasteiger partial charge in [0.15, 0.2) is 0 Å². The van der Waals surface area contributed by atoms with E-state index in [4.69, 9.17) is 4.42 Å². The Labute approximate surface area is 185 Å². The molecule has 4 rings (SSSR count). The number of hydrogen-bond acceptors (Lipinski definition) is 4. The molecule has 2 aromatic heterocycles. The number of carbonyl (C=O) groups excluding carboxylic acids is 1. The molecule has 1 amide bonds. The number of furan rings is 1. The number of nitrogens with zero attached hydrogens (tertiary/aromatic N) is 3. The Bertz CT molecular complexity index is 1190. The van der Waals surface area contributed by atoms with Gasteiger partial charge in [0.25, 0.3) is 11.6 Å². The number of nitro benzene ring substituents is 1. The van der Waals surface area contributed by atoms with Gasteiger partial charge >= 0.3 is 0 Å². The Kier molecular flexibility index (Phi) is 6.17. The molecule has 0 saturated carbocycles. The number of aryl methyl sites for hydroxylation is 1. The molecule has 0 atom stereocenters. The monoisotopic (exact) mass is 429 g/mol. The first-order valence-corrected chi connectivity index (χ1v) is 10.3. The highest BCUT2D eigenvalue weighted by atomic mass is 16.6. The summed E-state index contributed by atoms with van der Waals surface area (Å²) in [6.07, 6.45) is 3.57. The SMILES string of the molecule is Cc1ccc(Cn2cccc2CN(Cc2ccco2)C(=O)c2ccc([N+](=O)[O-])cc2)cc1. The molecule has 2 aromatic carbocycles. The fourth-order valence-corrected chi connectivity index (χ4v) is 3.53. The summed E-state index contributed by atoms with van der Waals surface area (Å²) in [5, 5.41) is 10.9. The predicted molar refractivity (Wildman–Crippen MR) is 120 cm³/mol. The Morgan fingerprint density at radius 2 is 1.75 bits per heavy atom. The van der Waals surface area contributed by atoms with Gasteiger partial charge in [-0.1, -0.05) is 29.8 Å². The lowest BCUT2D eigenvalue weighted by Crippen LogP contribution is -2.31. The highest BCUT2D eigenvalue weighted by Gasteiger charge is 2.20. The van der Waals surface area contributed by atoms with Crippen LogP contribution in [-0.4, -0.2) is 20.3 Å². The molecular weight excluding hydrogens is 406 g/mol. The van der Waals surface area contributed by atoms with Crippen molar-refractivity contribution >= 4 is 11.6 Å². The van der Waals surface area contributed by atoms with Crippen LogP contribution >= 0.6 is 0 Å². The summed E-state index contributed by atoms with van der Waals surface area (Å²) in [5.74, 6) is 0.441. The molecule has 0 bridgehead atoms. The summed E-state index contributed by atoms with van der Waals surface area (Å²) in [5.41, 5.74) is 3.70. The van der Waals surface area contributed by atoms with E-state index in [1.165, 1.54) is 35.4 Å². The lowest BCUT2D eigenvalue weighted by Gasteiger charge is -2.23. The van der Waals surface area contributed by atoms with Crippen LogP contribution in [0.5, 0.6) is 0 Å². The summed E-state index contributed by atoms with van der Waals surface area (Å²) in [7, 11) is 0. The molecule has 0 aliphatic carbocycles. The number of nitro groups is 1. The largest absolute Gasteiger partial charge is 0.467 e. The van der Waals surface area contributed by atoms with Crippen molar-refractivity contribution in [2.75, 3.05) is 0 Å². The Morgan fingerprint density at radius 3 is 2.41 bits per heavy atom. The van der Waals surface area contributed by atoms with Crippen LogP contribution in [0.25, 0.3) is 0 Å². The summed E-state index contributed by atoms with van der Waals surface area (Å²) in [6, 6.07) is 21.6. The van der Waals surface area contributed by atoms with E-state index in [9.17, 15) is 14.9 Å². The van der Waals surface area contributed by atoms with E-state index in [1.54, 1.807) is 17.2 Å². The smallest absolute Gasteiger partial charge is 0.269 e. The van der Waals surface area contributed by atoms with Crippen molar-refractivity contribution in [2.24, 2.45) is 0 Å². The zero-order valence-electron chi connectivity index (χ0n) is 17.7. The van der Waals surface area contributed by atoms with Crippen molar-refractivity contribution in [1.82, 2.24) is 9.47 Å². The summed E-state index contributed by atoms with van der Waals surface area (Å²) in [4.78, 5) is 25.4. The van der Waals surface area contributed by atoms with Gasteiger partial charge in [-0.2, -0.15) is 0 Å². The maximum atomic E-state index is 13.3. The maximum Gasteiger partial charge on any atom is 0.269 e. The summed E-state index contributed by atoms with van der Waals surface area (Å²) >= 11 is 0. The minimum atomic E-state index is -0.479. The van der Waals surface area contributed by atoms with Gasteiger partial charge in [0, 0.05) is 36.1 Å². The predicted octanol–water partition coefficient (Wildman–Crippen LogP) is 5.19. The molecule has 2 heterocycles. The fraction of sp³-hybridized carbons (Fsp3) is 0.160. The van der Waals surface area contributed by atoms with E-state index >= 15 is 0 Å². The fourth-order valence-electron chi connectivity index (χ4n) is 3.53. The Morgan fingerprint density at radius 1 is 1.00 bits per heavy atom. The molecule has 32 heavy (non-hydrogen) atoms. The first-order valence-electron chi connectivity index (χ1n) is 10.3. The highest BCUT2D eigenvalue weighted by Crippen LogP contribution is 2.19. The third-order valence-corrected chi connectivity index (χ3v) is 5.29. The van der Waals surface area contributed by atoms with E-state index in [-0.39, 0.29) is 11.6 Å². The summed E-state index contributed by atoms with van der Waals surface area (Å²) in [6.45, 7) is 3.41. The second-order valence-electron chi connectivity index (χ2n) is 7.66. The van der Waals surface area contributed by atoms with Crippen LogP contribution in [0.4, 0.5) is 5.69 Å². The van der Waals surface area contributed by atoms with Gasteiger partial charge in [0.05, 0.1) is 24.3 Å². The minimum absolute atomic E-state index is 0.0499. The molecular formula is C25H23N3O4. The van der Waals surface area contributed by atoms with E-state index in [1.807, 2.05) is 24.4 Å². The van der Waals surface area contributed by atoms with Crippen molar-refractivity contribution in [3.63, 3.8) is 0 Å². The molecule has 0 aliphatic rings. The topological polar surface area (TPSA) is 81.5 Å². The molecule has 0 spiro atoms. The van der Waals surface area contributed by atoms with Crippen LogP contribution in [-0.2, 0) is 19.6 Å². The number of carbonyl (C=O) groups is 1. The van der Waals surface area contributed by atoms with Gasteiger partial charge in [-0.25, -0.2) is 0 Å². The maximum absolute atomic E-state index is 13.3. The molecule has 4 aromatic rings. The van der Waals surface area contributed by atoms with Gasteiger partial charge in [0.2, 0.25) is 0 Å². The van der Waals surface area contributed by atoms with Gasteiger partial charge in [-0.05, 0) is 48.9 Å². The number of aromatic nitrogens is 1. The van der Waals surface area contributed by atoms with Crippen LogP contribution < -0.4 is 0 Å². The molecule has 0 radical (unpaired) electrons. The molecule has 7 heteroatoms. The van der Waals surface area contributed by atoms with E-state index in [0.29, 0.717) is 31.0 Å². The van der Waals surface area contributed by atoms with Crippen molar-refractivity contribution < 1.29 is 14.1 Å². The molecule has 7 nitrogen and oxygen atoms in total. The molecule has 0 N–H and O–H groups in total. The van der Waals surface area contributed by atoms with Crippen molar-refractivity contribution in [1.29, 1.82) is 0 Å². The highest BCUT2D eigenvalue weighted by molar-refractivity contribution is 5.94. The quantitative estimate of drug-likeness (QED) is 0.285. The first kappa shape index (κ1) is 21.1. The van der Waals surface area contributed by atoms with Crippen LogP contribution in [0.2, 0.25) is 0 Å². The van der Waals surface area contributed by atoms with E-state index < -0.39 is 4.92 Å². The van der Waals surface area contributed by atoms with E-state index in [2.05, 4.69) is 35.8 Å². The lowest BCUT2D eigenvalue weighted by molar-refractivity contribution is -0.384. The van der Waals surface area contributed by atoms with Crippen molar-refractivity contribution in [3.05, 3.63) is 124 Å². The van der Waals surface area contributed by atoms with Gasteiger partial charge in [-0.15, -0.1) is 0 Å². The number of rotatable bonds is 8. The molecule has 0 aliphatic heterocycles. The minimum Gasteiger partial charge on any atom is -0.467 e. The van der Waals surface area contributed by atoms with Crippen molar-refractivity contribution in [2.45, 2.75) is 26.6 Å². The van der Waals surface area contributed by atoms with Gasteiger partial charge in [0.1, 0.15) is 5.76 Å². The first-order chi connectivity index (χ1) is 15.5. The third kappa shape index (κ3) is 4.95. The number of non-ortho nitro benzene ring substituents is 1. The van der Waals surface area contributed by atoms with Gasteiger partial charge in [-0.3, -0.25) is 14.9 Å². The Balaban J connectivity index is 1.57. The zero-order valence-corrected chi connectivity index (χ0v) is 17.7. The molecule has 162 valence electrons. The number of benzene rings is 2. The standard InChI is InChI=1S/C25H23N3O4/c1-19-6-8-20(9-7-19)16-26-14-2-4-23(26)17-27(18-24-5-3-15-32-24)25(29)21-10-12-22(13-11-21)28(30)31/h2-15H,16-18H2,1H3. The Hall–Kier alpha value is -4.13. The van der Waals surface area contributed by atoms with Crippen LogP contribution in [0.3, 0.4) is 0 Å². The average Bonchev–Trinajstić information content (AvgIpc) is 3.47. The van der Waals surface area contributed by atoms with Crippen LogP contribution in [0.1, 0.15) is 32.9 Å². The third-order valence-electron chi connectivity index (χ3n) is 5.29. The molecule has 0 unspecified atom stereocenters. The number of amides is 1. The van der Waals surface area contributed by atoms with Crippen LogP contribution in [0, 0.1) is 17.0 Å².